The van der Waals surface area contributed by atoms with E-state index in [1.807, 2.05) is 0 Å². The van der Waals surface area contributed by atoms with Crippen LogP contribution >= 0.6 is 22.9 Å². The van der Waals surface area contributed by atoms with Crippen molar-refractivity contribution < 1.29 is 2.70 Å². The zero-order valence-corrected chi connectivity index (χ0v) is 12.1. The summed E-state index contributed by atoms with van der Waals surface area (Å²) < 4.78 is 1.12. The van der Waals surface area contributed by atoms with Crippen LogP contribution in [0.1, 0.15) is 41.0 Å². The third kappa shape index (κ3) is 5.21. The van der Waals surface area contributed by atoms with Gasteiger partial charge in [-0.15, -0.1) is 0 Å². The SMILES string of the molecule is CC(C)[C@H](C)CC[N+](C)(I)C(C)C. The Morgan fingerprint density at radius 2 is 1.54 bits per heavy atom. The second kappa shape index (κ2) is 5.54. The molecule has 0 bridgehead atoms. The zero-order chi connectivity index (χ0) is 10.6. The van der Waals surface area contributed by atoms with Gasteiger partial charge in [-0.1, -0.05) is 20.8 Å². The quantitative estimate of drug-likeness (QED) is 0.534. The lowest BCUT2D eigenvalue weighted by atomic mass is 9.94. The first-order valence-electron chi connectivity index (χ1n) is 5.32. The lowest BCUT2D eigenvalue weighted by Gasteiger charge is -2.31. The number of nitrogens with zero attached hydrogens (tertiary/aromatic N) is 1. The van der Waals surface area contributed by atoms with Crippen molar-refractivity contribution in [3.63, 3.8) is 0 Å². The summed E-state index contributed by atoms with van der Waals surface area (Å²) in [6.07, 6.45) is 1.34. The molecular formula is C11H25IN+. The monoisotopic (exact) mass is 298 g/mol. The van der Waals surface area contributed by atoms with Gasteiger partial charge in [0.2, 0.25) is 22.9 Å². The molecule has 80 valence electrons. The Hall–Kier alpha value is 0.690. The van der Waals surface area contributed by atoms with Crippen molar-refractivity contribution >= 4 is 22.9 Å². The minimum absolute atomic E-state index is 0.722. The van der Waals surface area contributed by atoms with Gasteiger partial charge < -0.3 is 0 Å². The van der Waals surface area contributed by atoms with E-state index in [0.717, 1.165) is 20.6 Å². The molecule has 0 amide bonds. The van der Waals surface area contributed by atoms with Crippen LogP contribution in [0.2, 0.25) is 0 Å². The average molecular weight is 298 g/mol. The molecule has 0 aliphatic rings. The Kier molecular flexibility index (Phi) is 5.84. The first-order valence-corrected chi connectivity index (χ1v) is 6.28. The Bertz CT molecular complexity index is 141. The Balaban J connectivity index is 3.88. The van der Waals surface area contributed by atoms with Gasteiger partial charge in [0.15, 0.2) is 0 Å². The summed E-state index contributed by atoms with van der Waals surface area (Å²) in [4.78, 5) is 0. The summed E-state index contributed by atoms with van der Waals surface area (Å²) in [6, 6.07) is 0.722. The maximum atomic E-state index is 2.56. The van der Waals surface area contributed by atoms with Crippen molar-refractivity contribution in [2.75, 3.05) is 13.6 Å². The van der Waals surface area contributed by atoms with E-state index in [1.54, 1.807) is 0 Å². The highest BCUT2D eigenvalue weighted by molar-refractivity contribution is 14.1. The number of hydrogen-bond donors (Lipinski definition) is 0. The van der Waals surface area contributed by atoms with Crippen molar-refractivity contribution in [3.05, 3.63) is 0 Å². The third-order valence-electron chi connectivity index (χ3n) is 3.24. The molecule has 0 radical (unpaired) electrons. The molecular weight excluding hydrogens is 273 g/mol. The summed E-state index contributed by atoms with van der Waals surface area (Å²) in [6.45, 7) is 12.9. The normalized spacial score (nSPS) is 19.2. The molecule has 0 rings (SSSR count). The molecule has 0 aromatic heterocycles. The first-order chi connectivity index (χ1) is 5.77. The minimum atomic E-state index is 0.722. The molecule has 0 aliphatic carbocycles. The van der Waals surface area contributed by atoms with Crippen molar-refractivity contribution in [3.8, 4) is 0 Å². The Morgan fingerprint density at radius 3 is 1.85 bits per heavy atom. The summed E-state index contributed by atoms with van der Waals surface area (Å²) in [5.74, 6) is 1.68. The average Bonchev–Trinajstić information content (AvgIpc) is 1.99. The second-order valence-electron chi connectivity index (χ2n) is 4.97. The lowest BCUT2D eigenvalue weighted by molar-refractivity contribution is -0.756. The topological polar surface area (TPSA) is 0 Å². The minimum Gasteiger partial charge on any atom is -0.268 e. The van der Waals surface area contributed by atoms with Gasteiger partial charge in [-0.25, -0.2) is 0 Å². The molecule has 0 saturated carbocycles. The Labute approximate surface area is 98.0 Å². The van der Waals surface area contributed by atoms with E-state index < -0.39 is 0 Å². The predicted octanol–water partition coefficient (Wildman–Crippen LogP) is 3.87. The third-order valence-corrected chi connectivity index (χ3v) is 4.83. The summed E-state index contributed by atoms with van der Waals surface area (Å²) in [5, 5.41) is 0. The zero-order valence-electron chi connectivity index (χ0n) is 9.97. The second-order valence-corrected chi connectivity index (χ2v) is 7.17. The van der Waals surface area contributed by atoms with E-state index in [9.17, 15) is 0 Å². The van der Waals surface area contributed by atoms with E-state index in [2.05, 4.69) is 64.5 Å². The smallest absolute Gasteiger partial charge is 0.248 e. The Morgan fingerprint density at radius 1 is 1.08 bits per heavy atom. The van der Waals surface area contributed by atoms with Gasteiger partial charge in [-0.05, 0) is 32.1 Å². The van der Waals surface area contributed by atoms with Gasteiger partial charge in [0.1, 0.15) is 0 Å². The maximum absolute atomic E-state index is 2.56. The van der Waals surface area contributed by atoms with Crippen LogP contribution in [0, 0.1) is 11.8 Å². The molecule has 0 spiro atoms. The van der Waals surface area contributed by atoms with Crippen molar-refractivity contribution in [1.82, 2.24) is 0 Å². The molecule has 0 N–H and O–H groups in total. The molecule has 0 heterocycles. The fourth-order valence-corrected chi connectivity index (χ4v) is 1.33. The van der Waals surface area contributed by atoms with Crippen LogP contribution in [0.3, 0.4) is 0 Å². The number of halogens is 1. The fourth-order valence-electron chi connectivity index (χ4n) is 1.05. The van der Waals surface area contributed by atoms with Crippen LogP contribution in [0.4, 0.5) is 0 Å². The van der Waals surface area contributed by atoms with E-state index in [0.29, 0.717) is 0 Å². The van der Waals surface area contributed by atoms with E-state index >= 15 is 0 Å². The van der Waals surface area contributed by atoms with Crippen LogP contribution in [-0.4, -0.2) is 22.3 Å². The molecule has 0 aliphatic heterocycles. The van der Waals surface area contributed by atoms with Gasteiger partial charge in [-0.2, -0.15) is 0 Å². The summed E-state index contributed by atoms with van der Waals surface area (Å²) in [5.41, 5.74) is 0. The van der Waals surface area contributed by atoms with Gasteiger partial charge >= 0.3 is 0 Å². The highest BCUT2D eigenvalue weighted by Gasteiger charge is 2.23. The molecule has 2 atom stereocenters. The van der Waals surface area contributed by atoms with Crippen molar-refractivity contribution in [2.24, 2.45) is 11.8 Å². The van der Waals surface area contributed by atoms with Crippen LogP contribution < -0.4 is 0 Å². The molecule has 1 unspecified atom stereocenters. The van der Waals surface area contributed by atoms with Crippen LogP contribution in [0.5, 0.6) is 0 Å². The van der Waals surface area contributed by atoms with Crippen LogP contribution in [0.15, 0.2) is 0 Å². The largest absolute Gasteiger partial charge is 0.268 e. The summed E-state index contributed by atoms with van der Waals surface area (Å²) >= 11 is 2.56. The molecule has 0 aromatic carbocycles. The van der Waals surface area contributed by atoms with Crippen molar-refractivity contribution in [2.45, 2.75) is 47.1 Å². The van der Waals surface area contributed by atoms with Gasteiger partial charge in [0.05, 0.1) is 19.6 Å². The van der Waals surface area contributed by atoms with E-state index in [-0.39, 0.29) is 0 Å². The molecule has 0 fully saturated rings. The fraction of sp³-hybridized carbons (Fsp3) is 1.00. The molecule has 2 heteroatoms. The maximum Gasteiger partial charge on any atom is 0.248 e. The number of hydrogen-bond acceptors (Lipinski definition) is 0. The van der Waals surface area contributed by atoms with Crippen LogP contribution in [-0.2, 0) is 0 Å². The van der Waals surface area contributed by atoms with Crippen molar-refractivity contribution in [1.29, 1.82) is 0 Å². The highest BCUT2D eigenvalue weighted by atomic mass is 127. The molecule has 1 nitrogen and oxygen atoms in total. The standard InChI is InChI=1S/C11H25IN/c1-9(2)11(5)7-8-13(6,12)10(3)4/h9-11H,7-8H2,1-6H3/q+1/t11-,13?/m1/s1. The first kappa shape index (κ1) is 13.7. The number of quaternary nitrogens is 1. The molecule has 0 saturated heterocycles. The molecule has 0 aromatic rings. The lowest BCUT2D eigenvalue weighted by Crippen LogP contribution is -2.41. The van der Waals surface area contributed by atoms with Crippen LogP contribution in [0.25, 0.3) is 0 Å². The van der Waals surface area contributed by atoms with Gasteiger partial charge in [0, 0.05) is 0 Å². The highest BCUT2D eigenvalue weighted by Crippen LogP contribution is 2.22. The number of rotatable bonds is 5. The predicted molar refractivity (Wildman–Crippen MR) is 68.8 cm³/mol. The molecule has 13 heavy (non-hydrogen) atoms. The van der Waals surface area contributed by atoms with Gasteiger partial charge in [-0.3, -0.25) is 2.70 Å². The van der Waals surface area contributed by atoms with E-state index in [4.69, 9.17) is 0 Å². The van der Waals surface area contributed by atoms with Gasteiger partial charge in [0.25, 0.3) is 0 Å². The summed E-state index contributed by atoms with van der Waals surface area (Å²) in [7, 11) is 2.32. The van der Waals surface area contributed by atoms with E-state index in [1.165, 1.54) is 13.0 Å².